The lowest BCUT2D eigenvalue weighted by atomic mass is 10.2. The summed E-state index contributed by atoms with van der Waals surface area (Å²) in [5, 5.41) is 22.2. The van der Waals surface area contributed by atoms with E-state index in [1.165, 1.54) is 24.4 Å². The van der Waals surface area contributed by atoms with E-state index in [0.717, 1.165) is 0 Å². The molecule has 0 aliphatic carbocycles. The van der Waals surface area contributed by atoms with E-state index in [1.54, 1.807) is 19.9 Å². The lowest BCUT2D eigenvalue weighted by molar-refractivity contribution is -0.117. The molecule has 0 saturated heterocycles. The highest BCUT2D eigenvalue weighted by Crippen LogP contribution is 2.20. The van der Waals surface area contributed by atoms with Crippen molar-refractivity contribution in [3.8, 4) is 11.5 Å². The maximum absolute atomic E-state index is 11.3. The molecule has 0 unspecified atom stereocenters. The molecule has 1 rings (SSSR count). The molecule has 0 radical (unpaired) electrons. The van der Waals surface area contributed by atoms with E-state index in [0.29, 0.717) is 11.1 Å². The molecule has 1 aromatic carbocycles. The van der Waals surface area contributed by atoms with Gasteiger partial charge >= 0.3 is 0 Å². The number of benzene rings is 1. The van der Waals surface area contributed by atoms with Gasteiger partial charge in [-0.2, -0.15) is 5.10 Å². The zero-order chi connectivity index (χ0) is 12.8. The molecule has 0 aliphatic rings. The molecule has 0 spiro atoms. The number of hydrogen-bond acceptors (Lipinski definition) is 4. The van der Waals surface area contributed by atoms with Crippen LogP contribution in [0.4, 0.5) is 0 Å². The standard InChI is InChI=1S/C12H14N2O3/c1-3-8(2)12(17)14-13-7-9-4-5-10(15)6-11(9)16/h3-7,15-16H,1-2H3,(H,14,17). The zero-order valence-corrected chi connectivity index (χ0v) is 9.64. The van der Waals surface area contributed by atoms with Crippen LogP contribution in [-0.4, -0.2) is 22.3 Å². The third kappa shape index (κ3) is 3.64. The van der Waals surface area contributed by atoms with Gasteiger partial charge in [-0.05, 0) is 26.0 Å². The SMILES string of the molecule is CC=C(C)C(=O)NN=Cc1ccc(O)cc1O. The first-order chi connectivity index (χ1) is 8.04. The molecule has 0 heterocycles. The Balaban J connectivity index is 2.69. The third-order valence-electron chi connectivity index (χ3n) is 2.17. The first-order valence-corrected chi connectivity index (χ1v) is 5.03. The number of aromatic hydroxyl groups is 2. The second-order valence-electron chi connectivity index (χ2n) is 3.41. The normalized spacial score (nSPS) is 11.8. The van der Waals surface area contributed by atoms with Crippen LogP contribution in [0.3, 0.4) is 0 Å². The van der Waals surface area contributed by atoms with Crippen LogP contribution in [0.15, 0.2) is 34.9 Å². The minimum Gasteiger partial charge on any atom is -0.508 e. The van der Waals surface area contributed by atoms with Crippen molar-refractivity contribution in [2.75, 3.05) is 0 Å². The predicted octanol–water partition coefficient (Wildman–Crippen LogP) is 1.51. The third-order valence-corrected chi connectivity index (χ3v) is 2.17. The molecule has 17 heavy (non-hydrogen) atoms. The molecule has 0 fully saturated rings. The number of hydrazone groups is 1. The van der Waals surface area contributed by atoms with Crippen LogP contribution < -0.4 is 5.43 Å². The average Bonchev–Trinajstić information content (AvgIpc) is 2.30. The van der Waals surface area contributed by atoms with Crippen LogP contribution >= 0.6 is 0 Å². The highest BCUT2D eigenvalue weighted by atomic mass is 16.3. The predicted molar refractivity (Wildman–Crippen MR) is 64.9 cm³/mol. The van der Waals surface area contributed by atoms with Crippen LogP contribution in [0.2, 0.25) is 0 Å². The molecular weight excluding hydrogens is 220 g/mol. The Kier molecular flexibility index (Phi) is 4.28. The number of phenols is 2. The molecule has 90 valence electrons. The summed E-state index contributed by atoms with van der Waals surface area (Å²) < 4.78 is 0. The number of carbonyl (C=O) groups excluding carboxylic acids is 1. The molecule has 1 aromatic rings. The van der Waals surface area contributed by atoms with Crippen molar-refractivity contribution >= 4 is 12.1 Å². The van der Waals surface area contributed by atoms with Crippen LogP contribution in [-0.2, 0) is 4.79 Å². The second kappa shape index (κ2) is 5.69. The minimum atomic E-state index is -0.304. The van der Waals surface area contributed by atoms with Gasteiger partial charge in [0.15, 0.2) is 0 Å². The molecule has 0 bridgehead atoms. The summed E-state index contributed by atoms with van der Waals surface area (Å²) >= 11 is 0. The van der Waals surface area contributed by atoms with E-state index >= 15 is 0 Å². The smallest absolute Gasteiger partial charge is 0.266 e. The van der Waals surface area contributed by atoms with E-state index in [4.69, 9.17) is 5.11 Å². The Morgan fingerprint density at radius 1 is 1.41 bits per heavy atom. The van der Waals surface area contributed by atoms with E-state index in [9.17, 15) is 9.90 Å². The number of hydrogen-bond donors (Lipinski definition) is 3. The summed E-state index contributed by atoms with van der Waals surface area (Å²) in [6.07, 6.45) is 2.97. The van der Waals surface area contributed by atoms with Crippen molar-refractivity contribution < 1.29 is 15.0 Å². The fourth-order valence-corrected chi connectivity index (χ4v) is 1.02. The number of allylic oxidation sites excluding steroid dienone is 1. The summed E-state index contributed by atoms with van der Waals surface area (Å²) in [4.78, 5) is 11.3. The second-order valence-corrected chi connectivity index (χ2v) is 3.41. The Labute approximate surface area is 99.1 Å². The molecule has 3 N–H and O–H groups in total. The summed E-state index contributed by atoms with van der Waals surface area (Å²) in [5.74, 6) is -0.443. The van der Waals surface area contributed by atoms with Gasteiger partial charge in [-0.1, -0.05) is 6.08 Å². The first kappa shape index (κ1) is 12.8. The zero-order valence-electron chi connectivity index (χ0n) is 9.64. The van der Waals surface area contributed by atoms with Crippen LogP contribution in [0.1, 0.15) is 19.4 Å². The highest BCUT2D eigenvalue weighted by Gasteiger charge is 2.01. The highest BCUT2D eigenvalue weighted by molar-refractivity contribution is 5.93. The topological polar surface area (TPSA) is 81.9 Å². The quantitative estimate of drug-likeness (QED) is 0.421. The maximum atomic E-state index is 11.3. The first-order valence-electron chi connectivity index (χ1n) is 5.03. The van der Waals surface area contributed by atoms with Gasteiger partial charge < -0.3 is 10.2 Å². The van der Waals surface area contributed by atoms with Crippen molar-refractivity contribution in [1.82, 2.24) is 5.43 Å². The Bertz CT molecular complexity index is 479. The van der Waals surface area contributed by atoms with Crippen molar-refractivity contribution in [2.24, 2.45) is 5.10 Å². The maximum Gasteiger partial charge on any atom is 0.266 e. The summed E-state index contributed by atoms with van der Waals surface area (Å²) in [6.45, 7) is 3.42. The molecule has 0 aromatic heterocycles. The van der Waals surface area contributed by atoms with E-state index in [1.807, 2.05) is 0 Å². The van der Waals surface area contributed by atoms with Gasteiger partial charge in [0.2, 0.25) is 0 Å². The molecule has 0 aliphatic heterocycles. The van der Waals surface area contributed by atoms with Crippen molar-refractivity contribution in [2.45, 2.75) is 13.8 Å². The summed E-state index contributed by atoms with van der Waals surface area (Å²) in [5.41, 5.74) is 3.27. The Morgan fingerprint density at radius 2 is 2.12 bits per heavy atom. The summed E-state index contributed by atoms with van der Waals surface area (Å²) in [7, 11) is 0. The fraction of sp³-hybridized carbons (Fsp3) is 0.167. The number of carbonyl (C=O) groups is 1. The van der Waals surface area contributed by atoms with Crippen LogP contribution in [0.5, 0.6) is 11.5 Å². The number of nitrogens with one attached hydrogen (secondary N) is 1. The molecule has 0 atom stereocenters. The van der Waals surface area contributed by atoms with Gasteiger partial charge in [0.05, 0.1) is 6.21 Å². The number of phenolic OH excluding ortho intramolecular Hbond substituents is 2. The van der Waals surface area contributed by atoms with Crippen molar-refractivity contribution in [3.05, 3.63) is 35.4 Å². The number of amides is 1. The lowest BCUT2D eigenvalue weighted by Gasteiger charge is -2.00. The minimum absolute atomic E-state index is 0.0338. The molecule has 5 nitrogen and oxygen atoms in total. The van der Waals surface area contributed by atoms with Gasteiger partial charge in [0.25, 0.3) is 5.91 Å². The fourth-order valence-electron chi connectivity index (χ4n) is 1.02. The van der Waals surface area contributed by atoms with Crippen LogP contribution in [0.25, 0.3) is 0 Å². The van der Waals surface area contributed by atoms with Crippen molar-refractivity contribution in [3.63, 3.8) is 0 Å². The van der Waals surface area contributed by atoms with E-state index in [2.05, 4.69) is 10.5 Å². The summed E-state index contributed by atoms with van der Waals surface area (Å²) in [6, 6.07) is 4.10. The molecule has 0 saturated carbocycles. The molecular formula is C12H14N2O3. The largest absolute Gasteiger partial charge is 0.508 e. The van der Waals surface area contributed by atoms with Crippen molar-refractivity contribution in [1.29, 1.82) is 0 Å². The van der Waals surface area contributed by atoms with Crippen LogP contribution in [0, 0.1) is 0 Å². The molecule has 1 amide bonds. The van der Waals surface area contributed by atoms with Gasteiger partial charge in [0, 0.05) is 17.2 Å². The molecule has 5 heteroatoms. The Morgan fingerprint density at radius 3 is 2.71 bits per heavy atom. The van der Waals surface area contributed by atoms with Gasteiger partial charge in [-0.3, -0.25) is 4.79 Å². The van der Waals surface area contributed by atoms with Gasteiger partial charge in [-0.25, -0.2) is 5.43 Å². The van der Waals surface area contributed by atoms with Gasteiger partial charge in [0.1, 0.15) is 11.5 Å². The van der Waals surface area contributed by atoms with Gasteiger partial charge in [-0.15, -0.1) is 0 Å². The number of nitrogens with zero attached hydrogens (tertiary/aromatic N) is 1. The monoisotopic (exact) mass is 234 g/mol. The van der Waals surface area contributed by atoms with E-state index < -0.39 is 0 Å². The van der Waals surface area contributed by atoms with E-state index in [-0.39, 0.29) is 17.4 Å². The Hall–Kier alpha value is -2.30. The lowest BCUT2D eigenvalue weighted by Crippen LogP contribution is -2.18. The number of rotatable bonds is 3. The average molecular weight is 234 g/mol.